The van der Waals surface area contributed by atoms with E-state index in [1.54, 1.807) is 0 Å². The zero-order chi connectivity index (χ0) is 22.6. The third kappa shape index (κ3) is 8.33. The first-order valence-electron chi connectivity index (χ1n) is 9.30. The molecule has 0 saturated carbocycles. The normalized spacial score (nSPS) is 15.6. The highest BCUT2D eigenvalue weighted by Crippen LogP contribution is 2.39. The van der Waals surface area contributed by atoms with Gasteiger partial charge in [-0.15, -0.1) is 51.2 Å². The van der Waals surface area contributed by atoms with Gasteiger partial charge in [0.05, 0.1) is 13.2 Å². The van der Waals surface area contributed by atoms with Gasteiger partial charge in [0.1, 0.15) is 17.2 Å². The van der Waals surface area contributed by atoms with Gasteiger partial charge in [0, 0.05) is 31.7 Å². The van der Waals surface area contributed by atoms with Crippen LogP contribution in [0.15, 0.2) is 42.5 Å². The Labute approximate surface area is 198 Å². The topological polar surface area (TPSA) is 43.0 Å². The molecule has 0 amide bonds. The molecule has 0 spiro atoms. The number of rotatable bonds is 6. The van der Waals surface area contributed by atoms with Gasteiger partial charge < -0.3 is 19.5 Å². The van der Waals surface area contributed by atoms with Crippen LogP contribution in [0.25, 0.3) is 0 Å². The second kappa shape index (κ2) is 11.9. The molecule has 0 unspecified atom stereocenters. The summed E-state index contributed by atoms with van der Waals surface area (Å²) in [5, 5.41) is 3.19. The monoisotopic (exact) mass is 522 g/mol. The van der Waals surface area contributed by atoms with E-state index in [1.165, 1.54) is 43.5 Å². The first-order valence-corrected chi connectivity index (χ1v) is 9.30. The van der Waals surface area contributed by atoms with Crippen molar-refractivity contribution < 1.29 is 40.6 Å². The van der Waals surface area contributed by atoms with Gasteiger partial charge in [-0.2, -0.15) is 0 Å². The zero-order valence-electron chi connectivity index (χ0n) is 17.2. The highest BCUT2D eigenvalue weighted by Gasteiger charge is 2.33. The van der Waals surface area contributed by atoms with Gasteiger partial charge >= 0.3 is 12.7 Å². The summed E-state index contributed by atoms with van der Waals surface area (Å²) < 4.78 is 89.0. The van der Waals surface area contributed by atoms with Gasteiger partial charge in [-0.25, -0.2) is 0 Å². The minimum Gasteiger partial charge on any atom is -0.496 e. The first-order chi connectivity index (χ1) is 14.6. The van der Waals surface area contributed by atoms with Crippen LogP contribution < -0.4 is 19.5 Å². The molecule has 1 N–H and O–H groups in total. The smallest absolute Gasteiger partial charge is 0.496 e. The van der Waals surface area contributed by atoms with Crippen LogP contribution in [-0.4, -0.2) is 50.9 Å². The second-order valence-corrected chi connectivity index (χ2v) is 6.76. The van der Waals surface area contributed by atoms with Gasteiger partial charge in [0.15, 0.2) is 0 Å². The number of alkyl halides is 6. The van der Waals surface area contributed by atoms with Crippen molar-refractivity contribution in [2.24, 2.45) is 0 Å². The van der Waals surface area contributed by atoms with Crippen LogP contribution >= 0.6 is 24.8 Å². The fourth-order valence-electron chi connectivity index (χ4n) is 3.50. The molecular formula is C20H22Cl2F6N2O3. The van der Waals surface area contributed by atoms with Crippen molar-refractivity contribution in [3.63, 3.8) is 0 Å². The molecule has 1 heterocycles. The van der Waals surface area contributed by atoms with Crippen LogP contribution in [-0.2, 0) is 0 Å². The molecule has 1 aliphatic rings. The number of hydrogen-bond acceptors (Lipinski definition) is 5. The molecule has 2 aromatic carbocycles. The average Bonchev–Trinajstić information content (AvgIpc) is 2.68. The molecule has 186 valence electrons. The molecular weight excluding hydrogens is 501 g/mol. The number of halogens is 8. The molecule has 0 bridgehead atoms. The number of nitrogens with zero attached hydrogens (tertiary/aromatic N) is 1. The Balaban J connectivity index is 0.00000272. The summed E-state index contributed by atoms with van der Waals surface area (Å²) in [5.41, 5.74) is 0.967. The molecule has 13 heteroatoms. The minimum atomic E-state index is -4.87. The van der Waals surface area contributed by atoms with Crippen molar-refractivity contribution in [1.29, 1.82) is 0 Å². The number of methoxy groups -OCH3 is 1. The second-order valence-electron chi connectivity index (χ2n) is 6.76. The van der Waals surface area contributed by atoms with Crippen LogP contribution in [0.5, 0.6) is 17.2 Å². The third-order valence-corrected chi connectivity index (χ3v) is 4.68. The number of nitrogens with one attached hydrogen (secondary N) is 1. The summed E-state index contributed by atoms with van der Waals surface area (Å²) in [6.07, 6.45) is -9.70. The molecule has 5 nitrogen and oxygen atoms in total. The van der Waals surface area contributed by atoms with Gasteiger partial charge in [0.2, 0.25) is 0 Å². The van der Waals surface area contributed by atoms with E-state index in [1.807, 2.05) is 4.90 Å². The molecule has 0 aliphatic carbocycles. The Morgan fingerprint density at radius 3 is 1.85 bits per heavy atom. The van der Waals surface area contributed by atoms with E-state index in [2.05, 4.69) is 14.8 Å². The molecule has 1 aliphatic heterocycles. The zero-order valence-corrected chi connectivity index (χ0v) is 18.8. The molecule has 1 fully saturated rings. The lowest BCUT2D eigenvalue weighted by Gasteiger charge is -2.36. The van der Waals surface area contributed by atoms with Crippen LogP contribution in [0, 0.1) is 0 Å². The van der Waals surface area contributed by atoms with Crippen LogP contribution in [0.3, 0.4) is 0 Å². The van der Waals surface area contributed by atoms with E-state index < -0.39 is 30.3 Å². The molecule has 2 aromatic rings. The molecule has 1 saturated heterocycles. The summed E-state index contributed by atoms with van der Waals surface area (Å²) >= 11 is 0. The van der Waals surface area contributed by atoms with Crippen molar-refractivity contribution in [1.82, 2.24) is 10.2 Å². The summed E-state index contributed by atoms with van der Waals surface area (Å²) in [6, 6.07) is 8.40. The highest BCUT2D eigenvalue weighted by atomic mass is 35.5. The number of benzene rings is 2. The lowest BCUT2D eigenvalue weighted by molar-refractivity contribution is -0.275. The predicted molar refractivity (Wildman–Crippen MR) is 114 cm³/mol. The summed E-state index contributed by atoms with van der Waals surface area (Å²) in [5.74, 6) is -0.481. The summed E-state index contributed by atoms with van der Waals surface area (Å²) in [4.78, 5) is 2.01. The largest absolute Gasteiger partial charge is 0.573 e. The van der Waals surface area contributed by atoms with E-state index >= 15 is 0 Å². The summed E-state index contributed by atoms with van der Waals surface area (Å²) in [6.45, 7) is 2.43. The van der Waals surface area contributed by atoms with Crippen molar-refractivity contribution in [3.05, 3.63) is 53.6 Å². The highest BCUT2D eigenvalue weighted by molar-refractivity contribution is 5.85. The summed E-state index contributed by atoms with van der Waals surface area (Å²) in [7, 11) is 1.39. The Kier molecular flexibility index (Phi) is 10.4. The van der Waals surface area contributed by atoms with Crippen molar-refractivity contribution >= 4 is 24.8 Å². The maximum Gasteiger partial charge on any atom is 0.573 e. The fraction of sp³-hybridized carbons (Fsp3) is 0.400. The Bertz CT molecular complexity index is 876. The maximum absolute atomic E-state index is 12.7. The molecule has 1 atom stereocenters. The fourth-order valence-corrected chi connectivity index (χ4v) is 3.50. The number of ether oxygens (including phenoxy) is 3. The van der Waals surface area contributed by atoms with Crippen LogP contribution in [0.2, 0.25) is 0 Å². The SMILES string of the molecule is COc1ccc(OC(F)(F)F)cc1[C@H](c1ccc(OC(F)(F)F)cc1)N1CCNCC1.Cl.Cl. The maximum atomic E-state index is 12.7. The van der Waals surface area contributed by atoms with Gasteiger partial charge in [-0.3, -0.25) is 4.90 Å². The van der Waals surface area contributed by atoms with Crippen molar-refractivity contribution in [2.45, 2.75) is 18.8 Å². The van der Waals surface area contributed by atoms with Gasteiger partial charge in [-0.1, -0.05) is 12.1 Å². The third-order valence-electron chi connectivity index (χ3n) is 4.68. The van der Waals surface area contributed by atoms with Gasteiger partial charge in [-0.05, 0) is 35.9 Å². The Morgan fingerprint density at radius 1 is 0.818 bits per heavy atom. The predicted octanol–water partition coefficient (Wildman–Crippen LogP) is 5.33. The van der Waals surface area contributed by atoms with Crippen LogP contribution in [0.1, 0.15) is 17.2 Å². The lowest BCUT2D eigenvalue weighted by Crippen LogP contribution is -2.45. The number of hydrogen-bond donors (Lipinski definition) is 1. The number of piperazine rings is 1. The van der Waals surface area contributed by atoms with Gasteiger partial charge in [0.25, 0.3) is 0 Å². The molecule has 0 radical (unpaired) electrons. The standard InChI is InChI=1S/C20H20F6N2O3.2ClH/c1-29-17-7-6-15(31-20(24,25)26)12-16(17)18(28-10-8-27-9-11-28)13-2-4-14(5-3-13)30-19(21,22)23;;/h2-7,12,18,27H,8-11H2,1H3;2*1H/t18-;;/m0../s1. The van der Waals surface area contributed by atoms with E-state index in [0.29, 0.717) is 43.1 Å². The first kappa shape index (κ1) is 29.0. The molecule has 0 aromatic heterocycles. The van der Waals surface area contributed by atoms with Crippen LogP contribution in [0.4, 0.5) is 26.3 Å². The van der Waals surface area contributed by atoms with Crippen molar-refractivity contribution in [3.8, 4) is 17.2 Å². The Hall–Kier alpha value is -2.08. The van der Waals surface area contributed by atoms with E-state index in [9.17, 15) is 26.3 Å². The van der Waals surface area contributed by atoms with E-state index in [4.69, 9.17) is 4.74 Å². The average molecular weight is 523 g/mol. The quantitative estimate of drug-likeness (QED) is 0.519. The Morgan fingerprint density at radius 2 is 1.33 bits per heavy atom. The van der Waals surface area contributed by atoms with E-state index in [-0.39, 0.29) is 24.8 Å². The lowest BCUT2D eigenvalue weighted by atomic mass is 9.95. The molecule has 3 rings (SSSR count). The van der Waals surface area contributed by atoms with Crippen molar-refractivity contribution in [2.75, 3.05) is 33.3 Å². The molecule has 33 heavy (non-hydrogen) atoms. The minimum absolute atomic E-state index is 0. The van der Waals surface area contributed by atoms with E-state index in [0.717, 1.165) is 6.07 Å².